The number of halogens is 5. The summed E-state index contributed by atoms with van der Waals surface area (Å²) in [7, 11) is 0. The molecule has 0 aromatic heterocycles. The standard InChI is InChI=1S/C14H7Cl4FO/c15-9-6-10(16)13(17)14(18)12(9)11(20)5-7-1-3-8(19)4-2-7/h1-4,6H,5H2. The zero-order valence-electron chi connectivity index (χ0n) is 9.89. The molecule has 6 heteroatoms. The van der Waals surface area contributed by atoms with E-state index in [1.165, 1.54) is 30.3 Å². The van der Waals surface area contributed by atoms with Crippen molar-refractivity contribution in [1.29, 1.82) is 0 Å². The molecule has 0 unspecified atom stereocenters. The van der Waals surface area contributed by atoms with Crippen molar-refractivity contribution in [3.63, 3.8) is 0 Å². The normalized spacial score (nSPS) is 10.7. The molecule has 20 heavy (non-hydrogen) atoms. The van der Waals surface area contributed by atoms with Gasteiger partial charge in [-0.15, -0.1) is 0 Å². The summed E-state index contributed by atoms with van der Waals surface area (Å²) in [6, 6.07) is 6.97. The second kappa shape index (κ2) is 6.31. The molecule has 0 heterocycles. The van der Waals surface area contributed by atoms with Crippen LogP contribution in [0.4, 0.5) is 4.39 Å². The molecule has 0 radical (unpaired) electrons. The van der Waals surface area contributed by atoms with Crippen molar-refractivity contribution in [2.75, 3.05) is 0 Å². The molecule has 0 aliphatic rings. The monoisotopic (exact) mass is 350 g/mol. The summed E-state index contributed by atoms with van der Waals surface area (Å²) in [5.41, 5.74) is 0.765. The molecule has 0 amide bonds. The van der Waals surface area contributed by atoms with Gasteiger partial charge in [-0.1, -0.05) is 58.5 Å². The fourth-order valence-electron chi connectivity index (χ4n) is 1.70. The lowest BCUT2D eigenvalue weighted by Gasteiger charge is -2.09. The van der Waals surface area contributed by atoms with Crippen LogP contribution in [-0.2, 0) is 6.42 Å². The zero-order valence-corrected chi connectivity index (χ0v) is 12.9. The first kappa shape index (κ1) is 15.6. The Kier molecular flexibility index (Phi) is 4.92. The maximum absolute atomic E-state index is 12.8. The maximum atomic E-state index is 12.8. The number of ketones is 1. The lowest BCUT2D eigenvalue weighted by atomic mass is 10.0. The van der Waals surface area contributed by atoms with E-state index in [-0.39, 0.29) is 43.7 Å². The van der Waals surface area contributed by atoms with E-state index in [0.29, 0.717) is 5.56 Å². The highest BCUT2D eigenvalue weighted by Gasteiger charge is 2.20. The van der Waals surface area contributed by atoms with Gasteiger partial charge in [0.15, 0.2) is 5.78 Å². The fourth-order valence-corrected chi connectivity index (χ4v) is 2.82. The molecule has 1 nitrogen and oxygen atoms in total. The van der Waals surface area contributed by atoms with Gasteiger partial charge in [0.05, 0.1) is 25.7 Å². The number of hydrogen-bond acceptors (Lipinski definition) is 1. The van der Waals surface area contributed by atoms with Gasteiger partial charge in [-0.3, -0.25) is 4.79 Å². The Hall–Kier alpha value is -0.800. The third-order valence-electron chi connectivity index (χ3n) is 2.67. The van der Waals surface area contributed by atoms with Gasteiger partial charge in [0, 0.05) is 6.42 Å². The summed E-state index contributed by atoms with van der Waals surface area (Å²) in [6.07, 6.45) is 0.0394. The molecule has 104 valence electrons. The van der Waals surface area contributed by atoms with Crippen LogP contribution in [0.5, 0.6) is 0 Å². The van der Waals surface area contributed by atoms with Gasteiger partial charge in [0.1, 0.15) is 5.82 Å². The highest BCUT2D eigenvalue weighted by molar-refractivity contribution is 6.51. The van der Waals surface area contributed by atoms with Crippen LogP contribution in [0, 0.1) is 5.82 Å². The van der Waals surface area contributed by atoms with Gasteiger partial charge >= 0.3 is 0 Å². The summed E-state index contributed by atoms with van der Waals surface area (Å²) in [5, 5.41) is 0.424. The van der Waals surface area contributed by atoms with Crippen molar-refractivity contribution < 1.29 is 9.18 Å². The minimum atomic E-state index is -0.369. The molecule has 0 aliphatic carbocycles. The predicted octanol–water partition coefficient (Wildman–Crippen LogP) is 5.86. The minimum Gasteiger partial charge on any atom is -0.294 e. The molecule has 0 bridgehead atoms. The Labute approximate surface area is 135 Å². The van der Waals surface area contributed by atoms with E-state index in [4.69, 9.17) is 46.4 Å². The Balaban J connectivity index is 2.34. The van der Waals surface area contributed by atoms with E-state index in [1.54, 1.807) is 0 Å². The molecule has 2 aromatic rings. The first-order valence-corrected chi connectivity index (χ1v) is 7.02. The summed E-state index contributed by atoms with van der Waals surface area (Å²) in [6.45, 7) is 0. The van der Waals surface area contributed by atoms with E-state index in [2.05, 4.69) is 0 Å². The second-order valence-corrected chi connectivity index (χ2v) is 5.64. The highest BCUT2D eigenvalue weighted by Crippen LogP contribution is 2.37. The topological polar surface area (TPSA) is 17.1 Å². The van der Waals surface area contributed by atoms with Gasteiger partial charge in [0.25, 0.3) is 0 Å². The number of carbonyl (C=O) groups is 1. The fraction of sp³-hybridized carbons (Fsp3) is 0.0714. The maximum Gasteiger partial charge on any atom is 0.170 e. The van der Waals surface area contributed by atoms with Gasteiger partial charge in [0.2, 0.25) is 0 Å². The van der Waals surface area contributed by atoms with E-state index < -0.39 is 0 Å². The van der Waals surface area contributed by atoms with Gasteiger partial charge in [-0.05, 0) is 23.8 Å². The number of rotatable bonds is 3. The molecule has 0 fully saturated rings. The van der Waals surface area contributed by atoms with Crippen LogP contribution in [0.2, 0.25) is 20.1 Å². The largest absolute Gasteiger partial charge is 0.294 e. The predicted molar refractivity (Wildman–Crippen MR) is 80.9 cm³/mol. The van der Waals surface area contributed by atoms with Crippen molar-refractivity contribution in [2.24, 2.45) is 0 Å². The summed E-state index contributed by atoms with van der Waals surface area (Å²) >= 11 is 23.7. The summed E-state index contributed by atoms with van der Waals surface area (Å²) in [5.74, 6) is -0.683. The lowest BCUT2D eigenvalue weighted by Crippen LogP contribution is -2.06. The summed E-state index contributed by atoms with van der Waals surface area (Å²) in [4.78, 5) is 12.2. The molecular formula is C14H7Cl4FO. The van der Waals surface area contributed by atoms with E-state index in [9.17, 15) is 9.18 Å². The molecular weight excluding hydrogens is 345 g/mol. The quantitative estimate of drug-likeness (QED) is 0.384. The molecule has 2 rings (SSSR count). The smallest absolute Gasteiger partial charge is 0.170 e. The van der Waals surface area contributed by atoms with Gasteiger partial charge in [-0.25, -0.2) is 4.39 Å². The van der Waals surface area contributed by atoms with Crippen molar-refractivity contribution in [3.8, 4) is 0 Å². The second-order valence-electron chi connectivity index (χ2n) is 4.07. The Morgan fingerprint density at radius 3 is 2.15 bits per heavy atom. The molecule has 0 atom stereocenters. The third-order valence-corrected chi connectivity index (χ3v) is 4.23. The number of hydrogen-bond donors (Lipinski definition) is 0. The third kappa shape index (κ3) is 3.26. The SMILES string of the molecule is O=C(Cc1ccc(F)cc1)c1c(Cl)cc(Cl)c(Cl)c1Cl. The van der Waals surface area contributed by atoms with Crippen molar-refractivity contribution in [1.82, 2.24) is 0 Å². The van der Waals surface area contributed by atoms with Gasteiger partial charge < -0.3 is 0 Å². The first-order chi connectivity index (χ1) is 9.40. The van der Waals surface area contributed by atoms with Crippen molar-refractivity contribution in [3.05, 3.63) is 67.4 Å². The zero-order chi connectivity index (χ0) is 14.9. The molecule has 0 N–H and O–H groups in total. The highest BCUT2D eigenvalue weighted by atomic mass is 35.5. The van der Waals surface area contributed by atoms with Crippen molar-refractivity contribution in [2.45, 2.75) is 6.42 Å². The molecule has 0 saturated heterocycles. The first-order valence-electron chi connectivity index (χ1n) is 5.50. The van der Waals surface area contributed by atoms with Crippen LogP contribution >= 0.6 is 46.4 Å². The number of Topliss-reactive ketones (excluding diaryl/α,β-unsaturated/α-hetero) is 1. The van der Waals surface area contributed by atoms with Crippen LogP contribution < -0.4 is 0 Å². The number of carbonyl (C=O) groups excluding carboxylic acids is 1. The average Bonchev–Trinajstić information content (AvgIpc) is 2.39. The van der Waals surface area contributed by atoms with E-state index in [0.717, 1.165) is 0 Å². The Morgan fingerprint density at radius 1 is 0.950 bits per heavy atom. The molecule has 0 aliphatic heterocycles. The van der Waals surface area contributed by atoms with Crippen LogP contribution in [0.15, 0.2) is 30.3 Å². The van der Waals surface area contributed by atoms with Crippen molar-refractivity contribution >= 4 is 52.2 Å². The Morgan fingerprint density at radius 2 is 1.55 bits per heavy atom. The van der Waals surface area contributed by atoms with Crippen LogP contribution in [-0.4, -0.2) is 5.78 Å². The van der Waals surface area contributed by atoms with Crippen LogP contribution in [0.1, 0.15) is 15.9 Å². The van der Waals surface area contributed by atoms with Gasteiger partial charge in [-0.2, -0.15) is 0 Å². The van der Waals surface area contributed by atoms with Crippen LogP contribution in [0.3, 0.4) is 0 Å². The molecule has 2 aromatic carbocycles. The van der Waals surface area contributed by atoms with E-state index >= 15 is 0 Å². The molecule has 0 saturated carbocycles. The average molecular weight is 352 g/mol. The van der Waals surface area contributed by atoms with E-state index in [1.807, 2.05) is 0 Å². The number of benzene rings is 2. The summed E-state index contributed by atoms with van der Waals surface area (Å²) < 4.78 is 12.8. The van der Waals surface area contributed by atoms with Crippen LogP contribution in [0.25, 0.3) is 0 Å². The molecule has 0 spiro atoms. The Bertz CT molecular complexity index is 668. The minimum absolute atomic E-state index is 0.0243. The lowest BCUT2D eigenvalue weighted by molar-refractivity contribution is 0.0993.